The van der Waals surface area contributed by atoms with Crippen LogP contribution < -0.4 is 5.73 Å². The zero-order chi connectivity index (χ0) is 14.2. The molecule has 0 aromatic rings. The number of amides is 1. The standard InChI is InChI=1S/C16H26N2OS/c17-14(20)16(9-3-1-2-4-10-16)15(19)18(13-7-8-13)11-12-5-6-12/h12-13H,1-11H2,(H2,17,20). The summed E-state index contributed by atoms with van der Waals surface area (Å²) in [4.78, 5) is 15.8. The van der Waals surface area contributed by atoms with Crippen LogP contribution in [-0.2, 0) is 4.79 Å². The van der Waals surface area contributed by atoms with Crippen molar-refractivity contribution in [1.29, 1.82) is 0 Å². The highest BCUT2D eigenvalue weighted by atomic mass is 32.1. The smallest absolute Gasteiger partial charge is 0.235 e. The molecule has 0 aromatic carbocycles. The molecule has 3 aliphatic carbocycles. The minimum absolute atomic E-state index is 0.265. The van der Waals surface area contributed by atoms with Gasteiger partial charge in [-0.1, -0.05) is 37.9 Å². The van der Waals surface area contributed by atoms with Crippen LogP contribution in [-0.4, -0.2) is 28.4 Å². The minimum atomic E-state index is -0.524. The lowest BCUT2D eigenvalue weighted by atomic mass is 9.78. The van der Waals surface area contributed by atoms with Crippen molar-refractivity contribution in [3.8, 4) is 0 Å². The van der Waals surface area contributed by atoms with E-state index in [1.54, 1.807) is 0 Å². The maximum atomic E-state index is 13.2. The van der Waals surface area contributed by atoms with Crippen molar-refractivity contribution in [3.63, 3.8) is 0 Å². The number of carbonyl (C=O) groups is 1. The monoisotopic (exact) mass is 294 g/mol. The molecule has 3 nitrogen and oxygen atoms in total. The summed E-state index contributed by atoms with van der Waals surface area (Å²) in [6.45, 7) is 0.952. The molecule has 0 saturated heterocycles. The second-order valence-corrected chi connectivity index (χ2v) is 7.43. The Morgan fingerprint density at radius 3 is 2.15 bits per heavy atom. The van der Waals surface area contributed by atoms with Gasteiger partial charge in [0.2, 0.25) is 5.91 Å². The summed E-state index contributed by atoms with van der Waals surface area (Å²) in [6.07, 6.45) is 11.3. The third-order valence-corrected chi connectivity index (χ3v) is 5.63. The van der Waals surface area contributed by atoms with Gasteiger partial charge in [-0.2, -0.15) is 0 Å². The van der Waals surface area contributed by atoms with Crippen molar-refractivity contribution in [2.75, 3.05) is 6.54 Å². The number of hydrogen-bond acceptors (Lipinski definition) is 2. The maximum absolute atomic E-state index is 13.2. The van der Waals surface area contributed by atoms with Gasteiger partial charge in [0.25, 0.3) is 0 Å². The first-order chi connectivity index (χ1) is 9.63. The van der Waals surface area contributed by atoms with Gasteiger partial charge in [0.05, 0.1) is 10.4 Å². The number of thiocarbonyl (C=S) groups is 1. The van der Waals surface area contributed by atoms with Gasteiger partial charge in [0, 0.05) is 12.6 Å². The normalized spacial score (nSPS) is 25.8. The summed E-state index contributed by atoms with van der Waals surface area (Å²) in [5, 5.41) is 0. The number of nitrogens with two attached hydrogens (primary N) is 1. The van der Waals surface area contributed by atoms with Crippen molar-refractivity contribution in [1.82, 2.24) is 4.90 Å². The fourth-order valence-electron chi connectivity index (χ4n) is 3.54. The average molecular weight is 294 g/mol. The lowest BCUT2D eigenvalue weighted by Gasteiger charge is -2.36. The molecule has 1 amide bonds. The molecule has 0 bridgehead atoms. The molecule has 112 valence electrons. The summed E-state index contributed by atoms with van der Waals surface area (Å²) >= 11 is 5.35. The zero-order valence-electron chi connectivity index (χ0n) is 12.3. The molecule has 0 atom stereocenters. The van der Waals surface area contributed by atoms with Crippen LogP contribution in [0.1, 0.15) is 64.2 Å². The Kier molecular flexibility index (Phi) is 4.02. The minimum Gasteiger partial charge on any atom is -0.392 e. The fourth-order valence-corrected chi connectivity index (χ4v) is 3.83. The number of nitrogens with zero attached hydrogens (tertiary/aromatic N) is 1. The first-order valence-electron chi connectivity index (χ1n) is 8.24. The first-order valence-corrected chi connectivity index (χ1v) is 8.65. The zero-order valence-corrected chi connectivity index (χ0v) is 13.1. The summed E-state index contributed by atoms with van der Waals surface area (Å²) in [5.41, 5.74) is 5.54. The van der Waals surface area contributed by atoms with Crippen LogP contribution in [0.25, 0.3) is 0 Å². The molecule has 3 saturated carbocycles. The van der Waals surface area contributed by atoms with Crippen LogP contribution in [0.5, 0.6) is 0 Å². The second kappa shape index (κ2) is 5.63. The molecule has 0 spiro atoms. The number of carbonyl (C=O) groups excluding carboxylic acids is 1. The van der Waals surface area contributed by atoms with Crippen molar-refractivity contribution < 1.29 is 4.79 Å². The van der Waals surface area contributed by atoms with Gasteiger partial charge < -0.3 is 10.6 Å². The molecule has 0 heterocycles. The molecule has 3 fully saturated rings. The molecule has 0 radical (unpaired) electrons. The molecule has 2 N–H and O–H groups in total. The van der Waals surface area contributed by atoms with Crippen LogP contribution >= 0.6 is 12.2 Å². The van der Waals surface area contributed by atoms with E-state index in [0.717, 1.165) is 38.1 Å². The molecule has 20 heavy (non-hydrogen) atoms. The quantitative estimate of drug-likeness (QED) is 0.626. The molecular weight excluding hydrogens is 268 g/mol. The van der Waals surface area contributed by atoms with E-state index in [1.165, 1.54) is 38.5 Å². The van der Waals surface area contributed by atoms with Crippen LogP contribution in [0.2, 0.25) is 0 Å². The molecule has 4 heteroatoms. The van der Waals surface area contributed by atoms with Gasteiger partial charge in [0.15, 0.2) is 0 Å². The fraction of sp³-hybridized carbons (Fsp3) is 0.875. The van der Waals surface area contributed by atoms with E-state index >= 15 is 0 Å². The summed E-state index contributed by atoms with van der Waals surface area (Å²) < 4.78 is 0. The summed E-state index contributed by atoms with van der Waals surface area (Å²) in [5.74, 6) is 1.01. The van der Waals surface area contributed by atoms with Gasteiger partial charge in [-0.3, -0.25) is 4.79 Å². The van der Waals surface area contributed by atoms with Crippen LogP contribution in [0.15, 0.2) is 0 Å². The van der Waals surface area contributed by atoms with Gasteiger partial charge in [-0.25, -0.2) is 0 Å². The first kappa shape index (κ1) is 14.3. The predicted molar refractivity (Wildman–Crippen MR) is 84.4 cm³/mol. The third kappa shape index (κ3) is 2.85. The van der Waals surface area contributed by atoms with Crippen molar-refractivity contribution in [2.45, 2.75) is 70.3 Å². The van der Waals surface area contributed by atoms with Crippen molar-refractivity contribution in [3.05, 3.63) is 0 Å². The second-order valence-electron chi connectivity index (χ2n) is 6.99. The largest absolute Gasteiger partial charge is 0.392 e. The van der Waals surface area contributed by atoms with Gasteiger partial charge >= 0.3 is 0 Å². The number of rotatable bonds is 5. The lowest BCUT2D eigenvalue weighted by molar-refractivity contribution is -0.139. The molecule has 3 aliphatic rings. The van der Waals surface area contributed by atoms with Gasteiger partial charge in [0.1, 0.15) is 0 Å². The Bertz CT molecular complexity index is 393. The summed E-state index contributed by atoms with van der Waals surface area (Å²) in [6, 6.07) is 0.484. The molecule has 0 aliphatic heterocycles. The lowest BCUT2D eigenvalue weighted by Crippen LogP contribution is -2.51. The van der Waals surface area contributed by atoms with Crippen molar-refractivity contribution >= 4 is 23.1 Å². The van der Waals surface area contributed by atoms with Gasteiger partial charge in [-0.15, -0.1) is 0 Å². The molecule has 0 aromatic heterocycles. The Labute approximate surface area is 127 Å². The average Bonchev–Trinajstić information content (AvgIpc) is 3.32. The highest BCUT2D eigenvalue weighted by Gasteiger charge is 2.48. The van der Waals surface area contributed by atoms with E-state index in [0.29, 0.717) is 11.0 Å². The van der Waals surface area contributed by atoms with Crippen LogP contribution in [0, 0.1) is 11.3 Å². The Hall–Kier alpha value is -0.640. The molecule has 3 rings (SSSR count). The van der Waals surface area contributed by atoms with Gasteiger partial charge in [-0.05, 0) is 44.4 Å². The van der Waals surface area contributed by atoms with E-state index in [-0.39, 0.29) is 5.91 Å². The third-order valence-electron chi connectivity index (χ3n) is 5.24. The Morgan fingerprint density at radius 1 is 1.10 bits per heavy atom. The maximum Gasteiger partial charge on any atom is 0.235 e. The van der Waals surface area contributed by atoms with E-state index < -0.39 is 5.41 Å². The van der Waals surface area contributed by atoms with E-state index in [1.807, 2.05) is 0 Å². The Balaban J connectivity index is 1.80. The SMILES string of the molecule is NC(=S)C1(C(=O)N(CC2CC2)C2CC2)CCCCCC1. The van der Waals surface area contributed by atoms with E-state index in [9.17, 15) is 4.79 Å². The predicted octanol–water partition coefficient (Wildman–Crippen LogP) is 3.01. The van der Waals surface area contributed by atoms with Crippen molar-refractivity contribution in [2.24, 2.45) is 17.1 Å². The van der Waals surface area contributed by atoms with Crippen LogP contribution in [0.4, 0.5) is 0 Å². The highest BCUT2D eigenvalue weighted by Crippen LogP contribution is 2.42. The molecule has 0 unspecified atom stereocenters. The number of hydrogen-bond donors (Lipinski definition) is 1. The van der Waals surface area contributed by atoms with Crippen LogP contribution in [0.3, 0.4) is 0 Å². The molecular formula is C16H26N2OS. The summed E-state index contributed by atoms with van der Waals surface area (Å²) in [7, 11) is 0. The van der Waals surface area contributed by atoms with E-state index in [2.05, 4.69) is 4.90 Å². The highest BCUT2D eigenvalue weighted by molar-refractivity contribution is 7.80. The Morgan fingerprint density at radius 2 is 1.70 bits per heavy atom. The van der Waals surface area contributed by atoms with E-state index in [4.69, 9.17) is 18.0 Å². The topological polar surface area (TPSA) is 46.3 Å².